The Morgan fingerprint density at radius 1 is 0.729 bits per heavy atom. The predicted octanol–water partition coefficient (Wildman–Crippen LogP) is 1.51. The summed E-state index contributed by atoms with van der Waals surface area (Å²) in [6.45, 7) is 13.6. The van der Waals surface area contributed by atoms with Crippen LogP contribution in [-0.2, 0) is 65.3 Å². The minimum atomic E-state index is -0.321. The quantitative estimate of drug-likeness (QED) is 0.110. The minimum absolute atomic E-state index is 0.0632. The van der Waals surface area contributed by atoms with Crippen molar-refractivity contribution >= 4 is 11.7 Å². The number of amides is 1. The van der Waals surface area contributed by atoms with Gasteiger partial charge in [0.1, 0.15) is 11.4 Å². The van der Waals surface area contributed by atoms with E-state index in [2.05, 4.69) is 37.8 Å². The van der Waals surface area contributed by atoms with Crippen molar-refractivity contribution in [3.63, 3.8) is 0 Å². The summed E-state index contributed by atoms with van der Waals surface area (Å²) in [5.41, 5.74) is 2.31. The first-order valence-electron chi connectivity index (χ1n) is 16.7. The Morgan fingerprint density at radius 3 is 1.69 bits per heavy atom. The lowest BCUT2D eigenvalue weighted by molar-refractivity contribution is -0.124. The minimum Gasteiger partial charge on any atom is -0.379 e. The lowest BCUT2D eigenvalue weighted by Crippen LogP contribution is -2.38. The largest absolute Gasteiger partial charge is 0.379 e. The van der Waals surface area contributed by atoms with Gasteiger partial charge in [0.2, 0.25) is 5.91 Å². The molecular weight excluding hydrogens is 624 g/mol. The van der Waals surface area contributed by atoms with Gasteiger partial charge >= 0.3 is 0 Å². The molecule has 48 heavy (non-hydrogen) atoms. The van der Waals surface area contributed by atoms with Gasteiger partial charge in [-0.25, -0.2) is 0 Å². The molecule has 0 aliphatic heterocycles. The first-order valence-corrected chi connectivity index (χ1v) is 16.7. The molecule has 2 aromatic rings. The number of rotatable bonds is 31. The highest BCUT2D eigenvalue weighted by Crippen LogP contribution is 2.10. The van der Waals surface area contributed by atoms with E-state index in [0.717, 1.165) is 29.9 Å². The number of nitrogens with one attached hydrogen (secondary N) is 2. The third kappa shape index (κ3) is 20.2. The molecule has 0 bridgehead atoms. The average Bonchev–Trinajstić information content (AvgIpc) is 3.68. The molecule has 2 N–H and O–H groups in total. The number of carbonyl (C=O) groups excluding carboxylic acids is 2. The van der Waals surface area contributed by atoms with E-state index < -0.39 is 0 Å². The van der Waals surface area contributed by atoms with Crippen LogP contribution in [0.4, 0.5) is 0 Å². The highest BCUT2D eigenvalue weighted by molar-refractivity contribution is 5.85. The Balaban J connectivity index is 1.41. The first kappa shape index (κ1) is 40.9. The van der Waals surface area contributed by atoms with Crippen molar-refractivity contribution in [2.75, 3.05) is 72.6 Å². The van der Waals surface area contributed by atoms with Crippen molar-refractivity contribution in [3.05, 3.63) is 36.1 Å². The molecule has 16 nitrogen and oxygen atoms in total. The Morgan fingerprint density at radius 2 is 1.21 bits per heavy atom. The van der Waals surface area contributed by atoms with Crippen LogP contribution in [0.15, 0.2) is 24.7 Å². The molecular formula is C32H56N8O8. The second-order valence-electron chi connectivity index (χ2n) is 11.5. The van der Waals surface area contributed by atoms with Gasteiger partial charge in [0.15, 0.2) is 5.78 Å². The van der Waals surface area contributed by atoms with Crippen LogP contribution in [0.5, 0.6) is 0 Å². The Hall–Kier alpha value is -3.28. The molecule has 0 aliphatic carbocycles. The van der Waals surface area contributed by atoms with E-state index in [9.17, 15) is 9.59 Å². The molecule has 0 fully saturated rings. The molecule has 16 heteroatoms. The number of unbranched alkanes of at least 4 members (excludes halogenated alkanes) is 1. The van der Waals surface area contributed by atoms with Crippen LogP contribution in [0.25, 0.3) is 0 Å². The molecule has 0 aromatic carbocycles. The molecule has 0 radical (unpaired) electrons. The number of nitrogens with zero attached hydrogens (tertiary/aromatic N) is 6. The number of ketones is 1. The number of Topliss-reactive ketones (excluding diaryl/α,β-unsaturated/α-hetero) is 1. The fourth-order valence-electron chi connectivity index (χ4n) is 4.31. The zero-order valence-corrected chi connectivity index (χ0v) is 29.2. The van der Waals surface area contributed by atoms with Gasteiger partial charge in [-0.2, -0.15) is 0 Å². The van der Waals surface area contributed by atoms with Crippen molar-refractivity contribution in [3.8, 4) is 0 Å². The van der Waals surface area contributed by atoms with Crippen LogP contribution in [0.3, 0.4) is 0 Å². The summed E-state index contributed by atoms with van der Waals surface area (Å²) in [7, 11) is 3.62. The number of aryl methyl sites for hydroxylation is 2. The fraction of sp³-hybridized carbons (Fsp3) is 0.750. The molecule has 1 atom stereocenters. The Bertz CT molecular complexity index is 1160. The highest BCUT2D eigenvalue weighted by Gasteiger charge is 2.21. The average molecular weight is 681 g/mol. The zero-order chi connectivity index (χ0) is 34.8. The molecule has 2 aromatic heterocycles. The maximum absolute atomic E-state index is 12.8. The van der Waals surface area contributed by atoms with Crippen LogP contribution in [-0.4, -0.2) is 120 Å². The lowest BCUT2D eigenvalue weighted by Gasteiger charge is -2.22. The maximum atomic E-state index is 12.8. The molecule has 2 heterocycles. The summed E-state index contributed by atoms with van der Waals surface area (Å²) in [4.78, 5) is 24.9. The van der Waals surface area contributed by atoms with Gasteiger partial charge in [0.05, 0.1) is 97.7 Å². The van der Waals surface area contributed by atoms with Crippen LogP contribution < -0.4 is 10.6 Å². The molecule has 272 valence electrons. The van der Waals surface area contributed by atoms with E-state index in [1.54, 1.807) is 22.6 Å². The zero-order valence-electron chi connectivity index (χ0n) is 29.2. The monoisotopic (exact) mass is 680 g/mol. The van der Waals surface area contributed by atoms with Crippen molar-refractivity contribution in [2.24, 2.45) is 20.0 Å². The van der Waals surface area contributed by atoms with Gasteiger partial charge < -0.3 is 39.1 Å². The van der Waals surface area contributed by atoms with Gasteiger partial charge in [-0.1, -0.05) is 30.9 Å². The van der Waals surface area contributed by atoms with Crippen molar-refractivity contribution in [1.82, 2.24) is 40.6 Å². The number of aromatic nitrogens is 6. The van der Waals surface area contributed by atoms with Gasteiger partial charge in [0.25, 0.3) is 0 Å². The normalized spacial score (nSPS) is 12.0. The maximum Gasteiger partial charge on any atom is 0.222 e. The summed E-state index contributed by atoms with van der Waals surface area (Å²) < 4.78 is 36.3. The van der Waals surface area contributed by atoms with E-state index in [4.69, 9.17) is 28.4 Å². The van der Waals surface area contributed by atoms with Crippen molar-refractivity contribution < 1.29 is 38.0 Å². The van der Waals surface area contributed by atoms with Gasteiger partial charge in [-0.3, -0.25) is 19.0 Å². The molecule has 0 saturated carbocycles. The third-order valence-corrected chi connectivity index (χ3v) is 6.84. The molecule has 2 rings (SSSR count). The molecule has 1 unspecified atom stereocenters. The number of hydrogen-bond acceptors (Lipinski definition) is 13. The summed E-state index contributed by atoms with van der Waals surface area (Å²) in [6, 6.07) is -0.321. The second-order valence-corrected chi connectivity index (χ2v) is 11.5. The second kappa shape index (κ2) is 25.7. The van der Waals surface area contributed by atoms with Crippen LogP contribution in [0.1, 0.15) is 57.3 Å². The van der Waals surface area contributed by atoms with E-state index >= 15 is 0 Å². The number of carbonyl (C=O) groups is 2. The van der Waals surface area contributed by atoms with Crippen LogP contribution >= 0.6 is 0 Å². The molecule has 0 aliphatic rings. The lowest BCUT2D eigenvalue weighted by atomic mass is 9.97. The Kier molecular flexibility index (Phi) is 21.9. The molecule has 1 amide bonds. The number of ether oxygens (including phenoxy) is 6. The first-order chi connectivity index (χ1) is 23.2. The SMILES string of the molecule is C=C(CCOCCOCCOCc1cn(C)nn1)NC(CCCCNC(=O)CCOCCOCCOCc1cn(C)nn1)C(=O)C(C)C. The predicted molar refractivity (Wildman–Crippen MR) is 177 cm³/mol. The van der Waals surface area contributed by atoms with Gasteiger partial charge in [-0.15, -0.1) is 10.2 Å². The van der Waals surface area contributed by atoms with Gasteiger partial charge in [0, 0.05) is 45.1 Å². The molecule has 0 saturated heterocycles. The summed E-state index contributed by atoms with van der Waals surface area (Å²) in [5, 5.41) is 21.8. The smallest absolute Gasteiger partial charge is 0.222 e. The van der Waals surface area contributed by atoms with Crippen LogP contribution in [0.2, 0.25) is 0 Å². The topological polar surface area (TPSA) is 175 Å². The Labute approximate surface area is 284 Å². The summed E-state index contributed by atoms with van der Waals surface area (Å²) >= 11 is 0. The third-order valence-electron chi connectivity index (χ3n) is 6.84. The van der Waals surface area contributed by atoms with Crippen LogP contribution in [0, 0.1) is 5.92 Å². The van der Waals surface area contributed by atoms with E-state index in [-0.39, 0.29) is 30.1 Å². The van der Waals surface area contributed by atoms with E-state index in [1.165, 1.54) is 0 Å². The van der Waals surface area contributed by atoms with Gasteiger partial charge in [-0.05, 0) is 19.3 Å². The fourth-order valence-corrected chi connectivity index (χ4v) is 4.31. The number of hydrogen-bond donors (Lipinski definition) is 2. The van der Waals surface area contributed by atoms with E-state index in [1.807, 2.05) is 27.1 Å². The summed E-state index contributed by atoms with van der Waals surface area (Å²) in [5.74, 6) is -0.0137. The standard InChI is InChI=1S/C32H56N8O8/c1-26(2)32(42)30(34-27(3)9-12-43-14-16-45-18-20-47-24-28-22-39(4)37-35-28)8-6-7-11-33-31(41)10-13-44-15-17-46-19-21-48-25-29-23-40(5)38-36-29/h22-23,26,30,34H,3,6-21,24-25H2,1-2,4-5H3,(H,33,41). The van der Waals surface area contributed by atoms with Crippen molar-refractivity contribution in [1.29, 1.82) is 0 Å². The molecule has 0 spiro atoms. The summed E-state index contributed by atoms with van der Waals surface area (Å²) in [6.07, 6.45) is 6.70. The van der Waals surface area contributed by atoms with E-state index in [0.29, 0.717) is 98.7 Å². The van der Waals surface area contributed by atoms with Crippen molar-refractivity contribution in [2.45, 2.75) is 65.2 Å². The highest BCUT2D eigenvalue weighted by atomic mass is 16.5.